The largest absolute Gasteiger partial charge is 0.383 e. The van der Waals surface area contributed by atoms with Crippen LogP contribution in [0.5, 0.6) is 0 Å². The Morgan fingerprint density at radius 1 is 1.20 bits per heavy atom. The van der Waals surface area contributed by atoms with E-state index < -0.39 is 0 Å². The molecular weight excluding hydrogens is 546 g/mol. The van der Waals surface area contributed by atoms with E-state index in [1.165, 1.54) is 16.0 Å². The molecule has 0 radical (unpaired) electrons. The van der Waals surface area contributed by atoms with E-state index in [2.05, 4.69) is 117 Å². The fourth-order valence-electron chi connectivity index (χ4n) is 4.74. The molecule has 0 amide bonds. The maximum Gasteiger partial charge on any atom is 0.223 e. The summed E-state index contributed by atoms with van der Waals surface area (Å²) in [5, 5.41) is 7.54. The average molecular weight is 588 g/mol. The average Bonchev–Trinajstić information content (AvgIpc) is 3.52. The van der Waals surface area contributed by atoms with E-state index in [0.717, 1.165) is 66.3 Å². The Hall–Kier alpha value is -3.75. The number of halogens is 1. The standard InChI is InChI=1S/C30H36ClN5S.C2H4.C2H2/c1-6-10-23(11-7-2)34-30-33-17-25(31)29(35-30)27-15-24-26(8-3)36(19-28(24)37-27)18-21(5)32-16-22-13-9-12-20(4)14-22;2*1-2/h9,12-15,17,23,32H,3,5-7,10-11,16,18-19H2,1-2,4H3,(H,33,34,35);1-2H2;1-2H. The zero-order valence-electron chi connectivity index (χ0n) is 24.6. The quantitative estimate of drug-likeness (QED) is 0.126. The van der Waals surface area contributed by atoms with Gasteiger partial charge in [0.2, 0.25) is 5.95 Å². The summed E-state index contributed by atoms with van der Waals surface area (Å²) in [6.07, 6.45) is 14.1. The molecule has 216 valence electrons. The molecule has 0 fully saturated rings. The zero-order valence-corrected chi connectivity index (χ0v) is 26.2. The van der Waals surface area contributed by atoms with E-state index in [1.54, 1.807) is 17.5 Å². The summed E-state index contributed by atoms with van der Waals surface area (Å²) in [6.45, 7) is 23.0. The predicted octanol–water partition coefficient (Wildman–Crippen LogP) is 8.84. The van der Waals surface area contributed by atoms with Gasteiger partial charge in [-0.25, -0.2) is 9.97 Å². The van der Waals surface area contributed by atoms with Crippen molar-refractivity contribution in [3.05, 3.63) is 101 Å². The highest BCUT2D eigenvalue weighted by Crippen LogP contribution is 2.43. The number of rotatable bonds is 12. The summed E-state index contributed by atoms with van der Waals surface area (Å²) < 4.78 is 0. The van der Waals surface area contributed by atoms with Gasteiger partial charge in [0, 0.05) is 28.7 Å². The third-order valence-corrected chi connectivity index (χ3v) is 7.88. The molecule has 0 aliphatic carbocycles. The van der Waals surface area contributed by atoms with Crippen molar-refractivity contribution in [3.8, 4) is 23.4 Å². The number of benzene rings is 1. The molecule has 0 saturated carbocycles. The first kappa shape index (κ1) is 33.5. The van der Waals surface area contributed by atoms with Crippen molar-refractivity contribution in [2.45, 2.75) is 65.6 Å². The number of hydrogen-bond donors (Lipinski definition) is 2. The van der Waals surface area contributed by atoms with E-state index in [0.29, 0.717) is 23.6 Å². The van der Waals surface area contributed by atoms with Crippen LogP contribution in [-0.2, 0) is 13.1 Å². The second kappa shape index (κ2) is 17.1. The van der Waals surface area contributed by atoms with E-state index in [4.69, 9.17) is 16.6 Å². The van der Waals surface area contributed by atoms with Gasteiger partial charge >= 0.3 is 0 Å². The number of hydrogen-bond acceptors (Lipinski definition) is 6. The summed E-state index contributed by atoms with van der Waals surface area (Å²) in [5.74, 6) is 0.636. The molecule has 1 aromatic carbocycles. The second-order valence-corrected chi connectivity index (χ2v) is 11.1. The number of fused-ring (bicyclic) bond motifs is 1. The first-order chi connectivity index (χ1) is 19.9. The lowest BCUT2D eigenvalue weighted by Gasteiger charge is -2.21. The number of thiophene rings is 1. The van der Waals surface area contributed by atoms with Crippen LogP contribution in [0.3, 0.4) is 0 Å². The van der Waals surface area contributed by atoms with Crippen molar-refractivity contribution in [2.24, 2.45) is 0 Å². The summed E-state index contributed by atoms with van der Waals surface area (Å²) in [4.78, 5) is 13.8. The number of nitrogens with zero attached hydrogens (tertiary/aromatic N) is 3. The van der Waals surface area contributed by atoms with Gasteiger partial charge in [-0.2, -0.15) is 0 Å². The highest BCUT2D eigenvalue weighted by atomic mass is 35.5. The molecule has 41 heavy (non-hydrogen) atoms. The van der Waals surface area contributed by atoms with Crippen LogP contribution in [0.15, 0.2) is 74.3 Å². The van der Waals surface area contributed by atoms with Gasteiger partial charge < -0.3 is 15.5 Å². The van der Waals surface area contributed by atoms with E-state index in [1.807, 2.05) is 0 Å². The van der Waals surface area contributed by atoms with Gasteiger partial charge in [0.15, 0.2) is 0 Å². The summed E-state index contributed by atoms with van der Waals surface area (Å²) in [6, 6.07) is 11.0. The van der Waals surface area contributed by atoms with Gasteiger partial charge in [-0.3, -0.25) is 0 Å². The van der Waals surface area contributed by atoms with Gasteiger partial charge in [-0.1, -0.05) is 81.3 Å². The third kappa shape index (κ3) is 9.13. The maximum atomic E-state index is 6.56. The Kier molecular flexibility index (Phi) is 14.0. The van der Waals surface area contributed by atoms with Crippen molar-refractivity contribution in [3.63, 3.8) is 0 Å². The zero-order chi connectivity index (χ0) is 30.4. The van der Waals surface area contributed by atoms with Crippen LogP contribution in [0.25, 0.3) is 16.3 Å². The van der Waals surface area contributed by atoms with Crippen molar-refractivity contribution >= 4 is 34.6 Å². The Labute approximate surface area is 255 Å². The molecule has 1 aliphatic heterocycles. The smallest absolute Gasteiger partial charge is 0.223 e. The molecule has 3 heterocycles. The van der Waals surface area contributed by atoms with Crippen molar-refractivity contribution in [1.82, 2.24) is 20.2 Å². The van der Waals surface area contributed by atoms with Gasteiger partial charge in [0.25, 0.3) is 0 Å². The molecule has 4 rings (SSSR count). The van der Waals surface area contributed by atoms with Crippen molar-refractivity contribution in [2.75, 3.05) is 11.9 Å². The number of nitrogens with one attached hydrogen (secondary N) is 2. The number of anilines is 1. The summed E-state index contributed by atoms with van der Waals surface area (Å²) >= 11 is 8.28. The number of terminal acetylenes is 1. The van der Waals surface area contributed by atoms with Crippen molar-refractivity contribution in [1.29, 1.82) is 0 Å². The van der Waals surface area contributed by atoms with Gasteiger partial charge in [0.1, 0.15) is 5.69 Å². The van der Waals surface area contributed by atoms with E-state index >= 15 is 0 Å². The molecule has 2 N–H and O–H groups in total. The molecule has 0 atom stereocenters. The fourth-order valence-corrected chi connectivity index (χ4v) is 6.17. The van der Waals surface area contributed by atoms with Crippen LogP contribution in [0.1, 0.15) is 61.1 Å². The fraction of sp³-hybridized carbons (Fsp3) is 0.324. The molecule has 5 nitrogen and oxygen atoms in total. The first-order valence-electron chi connectivity index (χ1n) is 13.8. The lowest BCUT2D eigenvalue weighted by molar-refractivity contribution is 0.435. The van der Waals surface area contributed by atoms with Crippen LogP contribution in [-0.4, -0.2) is 27.5 Å². The molecule has 0 spiro atoms. The SMILES string of the molecule is C#C.C=C.C=C=C1c2cc(-c3nc(NC(CCC)CCC)ncc3Cl)sc2CN1CC(=C)NCc1cccc(C)c1. The monoisotopic (exact) mass is 587 g/mol. The first-order valence-corrected chi connectivity index (χ1v) is 15.0. The predicted molar refractivity (Wildman–Crippen MR) is 179 cm³/mol. The Bertz CT molecular complexity index is 1360. The van der Waals surface area contributed by atoms with Crippen LogP contribution >= 0.6 is 22.9 Å². The van der Waals surface area contributed by atoms with E-state index in [-0.39, 0.29) is 0 Å². The normalized spacial score (nSPS) is 11.5. The molecule has 1 aliphatic rings. The molecule has 7 heteroatoms. The van der Waals surface area contributed by atoms with Crippen molar-refractivity contribution < 1.29 is 0 Å². The Morgan fingerprint density at radius 3 is 2.54 bits per heavy atom. The summed E-state index contributed by atoms with van der Waals surface area (Å²) in [5.41, 5.74) is 9.52. The minimum atomic E-state index is 0.369. The molecule has 0 bridgehead atoms. The van der Waals surface area contributed by atoms with Crippen LogP contribution in [0, 0.1) is 19.8 Å². The molecule has 2 aromatic heterocycles. The van der Waals surface area contributed by atoms with Crippen LogP contribution in [0.2, 0.25) is 5.02 Å². The van der Waals surface area contributed by atoms with Crippen LogP contribution in [0.4, 0.5) is 5.95 Å². The van der Waals surface area contributed by atoms with Crippen LogP contribution < -0.4 is 10.6 Å². The molecule has 0 unspecified atom stereocenters. The molecular formula is C34H42ClN5S. The number of aromatic nitrogens is 2. The lowest BCUT2D eigenvalue weighted by Crippen LogP contribution is -2.25. The molecule has 3 aromatic rings. The minimum absolute atomic E-state index is 0.369. The minimum Gasteiger partial charge on any atom is -0.383 e. The third-order valence-electron chi connectivity index (χ3n) is 6.47. The van der Waals surface area contributed by atoms with E-state index in [9.17, 15) is 0 Å². The number of aryl methyl sites for hydroxylation is 1. The topological polar surface area (TPSA) is 53.1 Å². The maximum absolute atomic E-state index is 6.56. The Balaban J connectivity index is 0.00000141. The lowest BCUT2D eigenvalue weighted by atomic mass is 10.1. The summed E-state index contributed by atoms with van der Waals surface area (Å²) in [7, 11) is 0. The highest BCUT2D eigenvalue weighted by molar-refractivity contribution is 7.15. The highest BCUT2D eigenvalue weighted by Gasteiger charge is 2.28. The van der Waals surface area contributed by atoms with Gasteiger partial charge in [-0.15, -0.1) is 43.1 Å². The second-order valence-electron chi connectivity index (χ2n) is 9.58. The Morgan fingerprint density at radius 2 is 1.90 bits per heavy atom. The molecule has 0 saturated heterocycles. The van der Waals surface area contributed by atoms with Gasteiger partial charge in [0.05, 0.1) is 34.9 Å². The van der Waals surface area contributed by atoms with Gasteiger partial charge in [-0.05, 0) is 31.4 Å².